The van der Waals surface area contributed by atoms with Gasteiger partial charge in [0.15, 0.2) is 0 Å². The molecule has 4 N–H and O–H groups in total. The predicted octanol–water partition coefficient (Wildman–Crippen LogP) is 8.84. The van der Waals surface area contributed by atoms with Gasteiger partial charge in [0.05, 0.1) is 23.9 Å². The van der Waals surface area contributed by atoms with Crippen molar-refractivity contribution in [3.63, 3.8) is 0 Å². The Balaban J connectivity index is 0.880. The normalized spacial score (nSPS) is 25.6. The molecule has 1 unspecified atom stereocenters. The van der Waals surface area contributed by atoms with E-state index in [4.69, 9.17) is 27.9 Å². The van der Waals surface area contributed by atoms with Crippen molar-refractivity contribution in [1.82, 2.24) is 20.4 Å². The van der Waals surface area contributed by atoms with Crippen molar-refractivity contribution in [2.45, 2.75) is 108 Å². The molecule has 10 rings (SSSR count). The minimum atomic E-state index is -0.903. The number of fused-ring (bicyclic) bond motifs is 3. The highest BCUT2D eigenvalue weighted by atomic mass is 35.5. The van der Waals surface area contributed by atoms with Crippen molar-refractivity contribution in [3.05, 3.63) is 122 Å². The van der Waals surface area contributed by atoms with E-state index in [1.54, 1.807) is 41.3 Å². The number of likely N-dealkylation sites (tertiary alicyclic amines) is 1. The number of nitrogens with zero attached hydrogens (tertiary/aromatic N) is 2. The highest BCUT2D eigenvalue weighted by Gasteiger charge is 2.62. The fourth-order valence-electron chi connectivity index (χ4n) is 12.3. The number of hydrogen-bond acceptors (Lipinski definition) is 8. The molecule has 3 saturated heterocycles. The first-order valence-electron chi connectivity index (χ1n) is 24.3. The summed E-state index contributed by atoms with van der Waals surface area (Å²) in [5, 5.41) is 13.2. The van der Waals surface area contributed by atoms with Crippen LogP contribution < -0.4 is 26.0 Å². The number of ether oxygens (including phenoxy) is 1. The maximum Gasteiger partial charge on any atom is 0.255 e. The highest BCUT2D eigenvalue weighted by Crippen LogP contribution is 2.57. The first-order valence-corrected chi connectivity index (χ1v) is 25.1. The first-order chi connectivity index (χ1) is 33.5. The zero-order valence-electron chi connectivity index (χ0n) is 39.8. The maximum absolute atomic E-state index is 16.4. The molecule has 12 nitrogen and oxygen atoms in total. The largest absolute Gasteiger partial charge is 0.495 e. The van der Waals surface area contributed by atoms with E-state index < -0.39 is 35.1 Å². The summed E-state index contributed by atoms with van der Waals surface area (Å²) in [6.07, 6.45) is 5.72. The molecule has 6 aliphatic rings. The Morgan fingerprint density at radius 2 is 1.79 bits per heavy atom. The molecule has 1 saturated carbocycles. The molecule has 364 valence electrons. The van der Waals surface area contributed by atoms with Gasteiger partial charge in [-0.15, -0.1) is 0 Å². The molecule has 4 fully saturated rings. The lowest BCUT2D eigenvalue weighted by molar-refractivity contribution is -0.137. The number of halogens is 3. The summed E-state index contributed by atoms with van der Waals surface area (Å²) in [5.41, 5.74) is 3.76. The summed E-state index contributed by atoms with van der Waals surface area (Å²) >= 11 is 12.9. The van der Waals surface area contributed by atoms with Gasteiger partial charge in [0.25, 0.3) is 11.8 Å². The lowest BCUT2D eigenvalue weighted by Crippen LogP contribution is -2.52. The van der Waals surface area contributed by atoms with Gasteiger partial charge in [-0.2, -0.15) is 0 Å². The lowest BCUT2D eigenvalue weighted by atomic mass is 9.59. The molecule has 5 heterocycles. The topological polar surface area (TPSA) is 149 Å². The Bertz CT molecular complexity index is 2910. The van der Waals surface area contributed by atoms with Crippen molar-refractivity contribution in [2.24, 2.45) is 16.7 Å². The van der Waals surface area contributed by atoms with Gasteiger partial charge in [-0.25, -0.2) is 4.39 Å². The number of anilines is 2. The molecule has 6 atom stereocenters. The van der Waals surface area contributed by atoms with E-state index in [9.17, 15) is 24.0 Å². The number of carbonyl (C=O) groups is 5. The van der Waals surface area contributed by atoms with Crippen LogP contribution in [0.5, 0.6) is 5.75 Å². The molecule has 4 aromatic rings. The fraction of sp³-hybridized carbons (Fsp3) is 0.436. The van der Waals surface area contributed by atoms with Crippen molar-refractivity contribution >= 4 is 64.1 Å². The van der Waals surface area contributed by atoms with Crippen LogP contribution in [0.15, 0.2) is 72.8 Å². The molecule has 4 aromatic carbocycles. The van der Waals surface area contributed by atoms with E-state index in [0.717, 1.165) is 54.5 Å². The zero-order valence-corrected chi connectivity index (χ0v) is 41.3. The van der Waals surface area contributed by atoms with Crippen LogP contribution in [0, 0.1) is 34.4 Å². The number of methoxy groups -OCH3 is 1. The molecule has 1 spiro atoms. The average Bonchev–Trinajstić information content (AvgIpc) is 3.97. The average molecular weight is 988 g/mol. The van der Waals surface area contributed by atoms with Crippen molar-refractivity contribution in [3.8, 4) is 17.6 Å². The summed E-state index contributed by atoms with van der Waals surface area (Å²) < 4.78 is 22.2. The van der Waals surface area contributed by atoms with Crippen LogP contribution in [0.1, 0.15) is 121 Å². The van der Waals surface area contributed by atoms with E-state index in [1.807, 2.05) is 35.2 Å². The number of carbonyl (C=O) groups excluding carboxylic acids is 5. The van der Waals surface area contributed by atoms with E-state index in [-0.39, 0.29) is 70.8 Å². The van der Waals surface area contributed by atoms with E-state index in [0.29, 0.717) is 59.2 Å². The molecule has 5 aliphatic heterocycles. The Kier molecular flexibility index (Phi) is 12.5. The third-order valence-electron chi connectivity index (χ3n) is 15.8. The third-order valence-corrected chi connectivity index (χ3v) is 16.4. The number of amides is 5. The van der Waals surface area contributed by atoms with Gasteiger partial charge in [-0.05, 0) is 115 Å². The van der Waals surface area contributed by atoms with Gasteiger partial charge in [0.1, 0.15) is 17.6 Å². The smallest absolute Gasteiger partial charge is 0.255 e. The molecule has 1 aliphatic carbocycles. The summed E-state index contributed by atoms with van der Waals surface area (Å²) in [6.45, 7) is 8.24. The number of piperidine rings is 2. The summed E-state index contributed by atoms with van der Waals surface area (Å²) in [6, 6.07) is 19.3. The molecule has 15 heteroatoms. The van der Waals surface area contributed by atoms with E-state index in [1.165, 1.54) is 13.2 Å². The van der Waals surface area contributed by atoms with Gasteiger partial charge < -0.3 is 30.5 Å². The Morgan fingerprint density at radius 3 is 2.53 bits per heavy atom. The molecule has 0 radical (unpaired) electrons. The Morgan fingerprint density at radius 1 is 0.986 bits per heavy atom. The van der Waals surface area contributed by atoms with Gasteiger partial charge in [0.2, 0.25) is 17.7 Å². The second kappa shape index (κ2) is 18.3. The molecule has 70 heavy (non-hydrogen) atoms. The van der Waals surface area contributed by atoms with Gasteiger partial charge in [-0.3, -0.25) is 29.3 Å². The van der Waals surface area contributed by atoms with Crippen LogP contribution in [-0.2, 0) is 26.3 Å². The van der Waals surface area contributed by atoms with Crippen molar-refractivity contribution in [1.29, 1.82) is 0 Å². The summed E-state index contributed by atoms with van der Waals surface area (Å²) in [5.74, 6) is 4.74. The first kappa shape index (κ1) is 47.7. The summed E-state index contributed by atoms with van der Waals surface area (Å²) in [7, 11) is 1.50. The van der Waals surface area contributed by atoms with Crippen LogP contribution in [0.4, 0.5) is 15.8 Å². The van der Waals surface area contributed by atoms with E-state index >= 15 is 4.39 Å². The SMILES string of the molecule is COc1cc(C(=O)N2CCC[C@@H](C3(C#Cc4cccc5c4CN(C4CCC(=O)NC4=O)C5=O)CCC3)C2)ccc1NC(=O)[C@@H]1N[C@@H](CC(C)(C)C)[C@@]2(CNc3cc(Cl)ccc32)[C@H]1c1cccc(Cl)c1F. The van der Waals surface area contributed by atoms with Crippen LogP contribution in [0.3, 0.4) is 0 Å². The lowest BCUT2D eigenvalue weighted by Gasteiger charge is -2.48. The highest BCUT2D eigenvalue weighted by molar-refractivity contribution is 6.31. The number of imide groups is 1. The van der Waals surface area contributed by atoms with Gasteiger partial charge in [-0.1, -0.05) is 86.5 Å². The standard InChI is InChI=1S/C55H57Cl2FN6O6/c1-53(2,3)27-44-55(30-59-41-26-34(56)15-16-38(41)55)46(36-12-6-13-39(57)47(36)58)48(61-44)50(67)60-40-17-14-32(25-43(40)70-4)51(68)63-24-7-10-33(28-63)54(21-8-22-54)23-20-31-9-5-11-35-37(31)29-64(52(35)69)42-18-19-45(65)62-49(42)66/h5-6,9,11-17,25-26,33,42,44,46,48,59,61H,7-8,10,18-19,21-22,24,27-30H2,1-4H3,(H,60,67)(H,62,65,66)/t33-,42?,44+,46+,48-,55+/m1/s1. The minimum Gasteiger partial charge on any atom is -0.495 e. The van der Waals surface area contributed by atoms with Gasteiger partial charge >= 0.3 is 0 Å². The zero-order chi connectivity index (χ0) is 49.3. The quantitative estimate of drug-likeness (QED) is 0.101. The third kappa shape index (κ3) is 8.39. The van der Waals surface area contributed by atoms with E-state index in [2.05, 4.69) is 53.9 Å². The van der Waals surface area contributed by atoms with Crippen LogP contribution in [0.2, 0.25) is 10.0 Å². The number of nitrogens with one attached hydrogen (secondary N) is 4. The molecular weight excluding hydrogens is 931 g/mol. The number of benzene rings is 4. The Labute approximate surface area is 417 Å². The number of hydrogen-bond donors (Lipinski definition) is 4. The minimum absolute atomic E-state index is 0.0264. The maximum atomic E-state index is 16.4. The van der Waals surface area contributed by atoms with Crippen molar-refractivity contribution in [2.75, 3.05) is 37.4 Å². The number of rotatable bonds is 8. The molecule has 0 aromatic heterocycles. The van der Waals surface area contributed by atoms with Crippen LogP contribution >= 0.6 is 23.2 Å². The fourth-order valence-corrected chi connectivity index (χ4v) is 12.6. The van der Waals surface area contributed by atoms with Gasteiger partial charge in [0, 0.05) is 82.8 Å². The monoisotopic (exact) mass is 986 g/mol. The Hall–Kier alpha value is -5.94. The van der Waals surface area contributed by atoms with Crippen LogP contribution in [-0.4, -0.2) is 84.2 Å². The predicted molar refractivity (Wildman–Crippen MR) is 266 cm³/mol. The van der Waals surface area contributed by atoms with Crippen molar-refractivity contribution < 1.29 is 33.1 Å². The van der Waals surface area contributed by atoms with Crippen LogP contribution in [0.25, 0.3) is 0 Å². The second-order valence-corrected chi connectivity index (χ2v) is 22.0. The molecule has 0 bridgehead atoms. The molecule has 5 amide bonds. The summed E-state index contributed by atoms with van der Waals surface area (Å²) in [4.78, 5) is 70.7. The molecular formula is C55H57Cl2FN6O6. The second-order valence-electron chi connectivity index (χ2n) is 21.2.